The van der Waals surface area contributed by atoms with E-state index < -0.39 is 0 Å². The Morgan fingerprint density at radius 1 is 0.966 bits per heavy atom. The number of rotatable bonds is 8. The Morgan fingerprint density at radius 2 is 1.69 bits per heavy atom. The van der Waals surface area contributed by atoms with Crippen LogP contribution in [0.1, 0.15) is 16.1 Å². The molecular weight excluding hydrogens is 409 g/mol. The monoisotopic (exact) mass is 427 g/mol. The summed E-state index contributed by atoms with van der Waals surface area (Å²) in [5.41, 5.74) is 1.95. The number of hydrogen-bond donors (Lipinski definition) is 1. The largest absolute Gasteiger partial charge is 0.325 e. The fourth-order valence-electron chi connectivity index (χ4n) is 2.36. The maximum absolute atomic E-state index is 12.9. The van der Waals surface area contributed by atoms with Crippen LogP contribution in [-0.2, 0) is 4.79 Å². The van der Waals surface area contributed by atoms with Crippen LogP contribution in [-0.4, -0.2) is 33.2 Å². The van der Waals surface area contributed by atoms with Gasteiger partial charge in [-0.3, -0.25) is 9.59 Å². The summed E-state index contributed by atoms with van der Waals surface area (Å²) >= 11 is 2.54. The van der Waals surface area contributed by atoms with E-state index in [9.17, 15) is 14.0 Å². The van der Waals surface area contributed by atoms with Crippen molar-refractivity contribution in [2.24, 2.45) is 0 Å². The lowest BCUT2D eigenvalue weighted by atomic mass is 10.2. The minimum absolute atomic E-state index is 0.00795. The van der Waals surface area contributed by atoms with Crippen molar-refractivity contribution in [3.63, 3.8) is 0 Å². The fraction of sp³-hybridized carbons (Fsp3) is 0.143. The molecule has 0 atom stereocenters. The van der Waals surface area contributed by atoms with E-state index in [-0.39, 0.29) is 29.0 Å². The number of nitrogens with one attached hydrogen (secondary N) is 1. The van der Waals surface area contributed by atoms with Crippen molar-refractivity contribution >= 4 is 40.9 Å². The molecule has 0 aliphatic rings. The molecule has 8 heteroatoms. The molecule has 0 unspecified atom stereocenters. The second kappa shape index (κ2) is 10.2. The van der Waals surface area contributed by atoms with E-state index in [1.807, 2.05) is 25.1 Å². The van der Waals surface area contributed by atoms with E-state index in [1.54, 1.807) is 18.2 Å². The number of amides is 1. The van der Waals surface area contributed by atoms with Crippen molar-refractivity contribution in [2.75, 3.05) is 16.8 Å². The first kappa shape index (κ1) is 21.0. The summed E-state index contributed by atoms with van der Waals surface area (Å²) in [7, 11) is 0. The lowest BCUT2D eigenvalue weighted by Crippen LogP contribution is -2.14. The van der Waals surface area contributed by atoms with E-state index in [4.69, 9.17) is 0 Å². The predicted octanol–water partition coefficient (Wildman–Crippen LogP) is 4.63. The molecule has 2 aromatic carbocycles. The maximum Gasteiger partial charge on any atom is 0.234 e. The number of ketones is 1. The molecule has 1 aromatic heterocycles. The van der Waals surface area contributed by atoms with Crippen molar-refractivity contribution < 1.29 is 14.0 Å². The summed E-state index contributed by atoms with van der Waals surface area (Å²) in [6.07, 6.45) is 0. The van der Waals surface area contributed by atoms with E-state index in [2.05, 4.69) is 15.3 Å². The Hall–Kier alpha value is -2.71. The van der Waals surface area contributed by atoms with Crippen LogP contribution in [0.25, 0.3) is 0 Å². The normalized spacial score (nSPS) is 10.6. The number of Topliss-reactive ketones (excluding diaryl/α,β-unsaturated/α-hetero) is 1. The average molecular weight is 428 g/mol. The first-order chi connectivity index (χ1) is 14.0. The van der Waals surface area contributed by atoms with Gasteiger partial charge in [-0.05, 0) is 37.3 Å². The van der Waals surface area contributed by atoms with E-state index in [0.717, 1.165) is 5.69 Å². The highest BCUT2D eigenvalue weighted by atomic mass is 32.2. The molecule has 0 aliphatic heterocycles. The molecule has 0 saturated heterocycles. The van der Waals surface area contributed by atoms with Gasteiger partial charge in [0.1, 0.15) is 10.8 Å². The van der Waals surface area contributed by atoms with Crippen LogP contribution in [0.3, 0.4) is 0 Å². The van der Waals surface area contributed by atoms with Crippen molar-refractivity contribution in [3.05, 3.63) is 77.7 Å². The molecule has 1 N–H and O–H groups in total. The molecule has 0 saturated carbocycles. The molecule has 1 amide bonds. The summed E-state index contributed by atoms with van der Waals surface area (Å²) in [4.78, 5) is 33.1. The maximum atomic E-state index is 12.9. The summed E-state index contributed by atoms with van der Waals surface area (Å²) < 4.78 is 12.9. The molecule has 0 bridgehead atoms. The average Bonchev–Trinajstić information content (AvgIpc) is 2.72. The van der Waals surface area contributed by atoms with Gasteiger partial charge in [0.25, 0.3) is 0 Å². The number of thioether (sulfide) groups is 2. The zero-order chi connectivity index (χ0) is 20.6. The Bertz CT molecular complexity index is 999. The van der Waals surface area contributed by atoms with Crippen molar-refractivity contribution in [2.45, 2.75) is 17.1 Å². The minimum atomic E-state index is -0.357. The molecule has 1 heterocycles. The van der Waals surface area contributed by atoms with Crippen LogP contribution in [0.15, 0.2) is 70.8 Å². The molecule has 5 nitrogen and oxygen atoms in total. The Labute approximate surface area is 176 Å². The van der Waals surface area contributed by atoms with Crippen LogP contribution >= 0.6 is 23.5 Å². The first-order valence-electron chi connectivity index (χ1n) is 8.74. The molecule has 0 fully saturated rings. The first-order valence-corrected chi connectivity index (χ1v) is 10.7. The van der Waals surface area contributed by atoms with Crippen molar-refractivity contribution in [1.29, 1.82) is 0 Å². The topological polar surface area (TPSA) is 72.0 Å². The SMILES string of the molecule is Cc1cc(SCC(=O)Nc2ccc(F)cc2)nc(SCC(=O)c2ccccc2)n1. The second-order valence-corrected chi connectivity index (χ2v) is 7.99. The summed E-state index contributed by atoms with van der Waals surface area (Å²) in [5.74, 6) is -0.173. The fourth-order valence-corrected chi connectivity index (χ4v) is 3.97. The van der Waals surface area contributed by atoms with E-state index >= 15 is 0 Å². The van der Waals surface area contributed by atoms with Gasteiger partial charge >= 0.3 is 0 Å². The summed E-state index contributed by atoms with van der Waals surface area (Å²) in [6.45, 7) is 1.84. The lowest BCUT2D eigenvalue weighted by Gasteiger charge is -2.07. The van der Waals surface area contributed by atoms with Crippen LogP contribution in [0.5, 0.6) is 0 Å². The third kappa shape index (κ3) is 6.69. The van der Waals surface area contributed by atoms with Crippen LogP contribution < -0.4 is 5.32 Å². The number of aryl methyl sites for hydroxylation is 1. The van der Waals surface area contributed by atoms with Crippen LogP contribution in [0.2, 0.25) is 0 Å². The Balaban J connectivity index is 1.55. The number of benzene rings is 2. The van der Waals surface area contributed by atoms with Gasteiger partial charge in [0.05, 0.1) is 11.5 Å². The van der Waals surface area contributed by atoms with Gasteiger partial charge in [0.2, 0.25) is 5.91 Å². The summed E-state index contributed by atoms with van der Waals surface area (Å²) in [5, 5.41) is 3.86. The number of carbonyl (C=O) groups excluding carboxylic acids is 2. The van der Waals surface area contributed by atoms with E-state index in [0.29, 0.717) is 21.4 Å². The van der Waals surface area contributed by atoms with Gasteiger partial charge in [-0.2, -0.15) is 0 Å². The van der Waals surface area contributed by atoms with Crippen LogP contribution in [0, 0.1) is 12.7 Å². The molecule has 29 heavy (non-hydrogen) atoms. The minimum Gasteiger partial charge on any atom is -0.325 e. The third-order valence-electron chi connectivity index (χ3n) is 3.72. The second-order valence-electron chi connectivity index (χ2n) is 6.05. The quantitative estimate of drug-likeness (QED) is 0.245. The third-order valence-corrected chi connectivity index (χ3v) is 5.48. The predicted molar refractivity (Wildman–Crippen MR) is 114 cm³/mol. The smallest absolute Gasteiger partial charge is 0.234 e. The molecular formula is C21H18FN3O2S2. The highest BCUT2D eigenvalue weighted by Crippen LogP contribution is 2.22. The Morgan fingerprint density at radius 3 is 2.41 bits per heavy atom. The number of aromatic nitrogens is 2. The molecule has 148 valence electrons. The molecule has 0 aliphatic carbocycles. The Kier molecular flexibility index (Phi) is 7.37. The van der Waals surface area contributed by atoms with Gasteiger partial charge in [-0.25, -0.2) is 14.4 Å². The van der Waals surface area contributed by atoms with Gasteiger partial charge in [-0.15, -0.1) is 0 Å². The zero-order valence-corrected chi connectivity index (χ0v) is 17.2. The molecule has 3 aromatic rings. The highest BCUT2D eigenvalue weighted by molar-refractivity contribution is 8.00. The molecule has 3 rings (SSSR count). The zero-order valence-electron chi connectivity index (χ0n) is 15.6. The number of carbonyl (C=O) groups is 2. The number of nitrogens with zero attached hydrogens (tertiary/aromatic N) is 2. The van der Waals surface area contributed by atoms with Crippen LogP contribution in [0.4, 0.5) is 10.1 Å². The lowest BCUT2D eigenvalue weighted by molar-refractivity contribution is -0.113. The van der Waals surface area contributed by atoms with Crippen molar-refractivity contribution in [3.8, 4) is 0 Å². The summed E-state index contributed by atoms with van der Waals surface area (Å²) in [6, 6.07) is 16.5. The van der Waals surface area contributed by atoms with Gasteiger partial charge in [0, 0.05) is 16.9 Å². The van der Waals surface area contributed by atoms with Gasteiger partial charge in [0.15, 0.2) is 10.9 Å². The van der Waals surface area contributed by atoms with Gasteiger partial charge in [-0.1, -0.05) is 53.9 Å². The van der Waals surface area contributed by atoms with Gasteiger partial charge < -0.3 is 5.32 Å². The number of hydrogen-bond acceptors (Lipinski definition) is 6. The standard InChI is InChI=1S/C21H18FN3O2S2/c1-14-11-20(28-13-19(27)24-17-9-7-16(22)8-10-17)25-21(23-14)29-12-18(26)15-5-3-2-4-6-15/h2-11H,12-13H2,1H3,(H,24,27). The van der Waals surface area contributed by atoms with E-state index in [1.165, 1.54) is 47.8 Å². The number of anilines is 1. The molecule has 0 spiro atoms. The van der Waals surface area contributed by atoms with Crippen molar-refractivity contribution in [1.82, 2.24) is 9.97 Å². The highest BCUT2D eigenvalue weighted by Gasteiger charge is 2.11. The number of halogens is 1. The molecule has 0 radical (unpaired) electrons.